The van der Waals surface area contributed by atoms with E-state index in [-0.39, 0.29) is 5.82 Å². The number of hydrogen-bond acceptors (Lipinski definition) is 2. The summed E-state index contributed by atoms with van der Waals surface area (Å²) >= 11 is 0. The zero-order chi connectivity index (χ0) is 14.0. The smallest absolute Gasteiger partial charge is 0.141 e. The van der Waals surface area contributed by atoms with Crippen LogP contribution >= 0.6 is 0 Å². The van der Waals surface area contributed by atoms with Crippen molar-refractivity contribution in [3.8, 4) is 0 Å². The number of nitrogens with zero attached hydrogens (tertiary/aromatic N) is 1. The summed E-state index contributed by atoms with van der Waals surface area (Å²) < 4.78 is 13.4. The minimum Gasteiger partial charge on any atom is -0.330 e. The van der Waals surface area contributed by atoms with Crippen LogP contribution in [0.1, 0.15) is 51.5 Å². The van der Waals surface area contributed by atoms with Gasteiger partial charge in [-0.05, 0) is 60.6 Å². The lowest BCUT2D eigenvalue weighted by Gasteiger charge is -2.41. The molecular weight excluding hydrogens is 239 g/mol. The van der Waals surface area contributed by atoms with Crippen molar-refractivity contribution < 1.29 is 4.39 Å². The Labute approximate surface area is 115 Å². The largest absolute Gasteiger partial charge is 0.330 e. The Bertz CT molecular complexity index is 425. The van der Waals surface area contributed by atoms with Crippen LogP contribution in [0, 0.1) is 23.1 Å². The molecule has 1 saturated carbocycles. The molecule has 2 rings (SSSR count). The molecule has 0 aromatic carbocycles. The molecule has 1 fully saturated rings. The van der Waals surface area contributed by atoms with Gasteiger partial charge in [0.05, 0.1) is 6.20 Å². The van der Waals surface area contributed by atoms with Crippen LogP contribution in [-0.2, 0) is 0 Å². The van der Waals surface area contributed by atoms with Crippen LogP contribution in [-0.4, -0.2) is 11.5 Å². The van der Waals surface area contributed by atoms with Crippen LogP contribution in [0.4, 0.5) is 4.39 Å². The van der Waals surface area contributed by atoms with Crippen molar-refractivity contribution in [2.24, 2.45) is 23.0 Å². The van der Waals surface area contributed by atoms with Crippen LogP contribution in [0.15, 0.2) is 18.5 Å². The second kappa shape index (κ2) is 5.58. The van der Waals surface area contributed by atoms with E-state index in [0.717, 1.165) is 18.4 Å². The number of pyridine rings is 1. The Kier molecular flexibility index (Phi) is 4.24. The maximum absolute atomic E-state index is 13.4. The summed E-state index contributed by atoms with van der Waals surface area (Å²) in [6.45, 7) is 7.56. The van der Waals surface area contributed by atoms with Crippen LogP contribution in [0.25, 0.3) is 0 Å². The van der Waals surface area contributed by atoms with Crippen molar-refractivity contribution in [1.82, 2.24) is 4.98 Å². The molecule has 3 atom stereocenters. The number of nitrogens with two attached hydrogens (primary N) is 1. The lowest BCUT2D eigenvalue weighted by atomic mass is 9.64. The van der Waals surface area contributed by atoms with Gasteiger partial charge in [-0.15, -0.1) is 0 Å². The van der Waals surface area contributed by atoms with Gasteiger partial charge in [-0.25, -0.2) is 4.39 Å². The first-order valence-electron chi connectivity index (χ1n) is 7.22. The topological polar surface area (TPSA) is 38.9 Å². The molecule has 0 amide bonds. The molecule has 0 radical (unpaired) electrons. The molecule has 1 aliphatic carbocycles. The zero-order valence-electron chi connectivity index (χ0n) is 12.2. The van der Waals surface area contributed by atoms with E-state index in [1.807, 2.05) is 0 Å². The van der Waals surface area contributed by atoms with E-state index < -0.39 is 0 Å². The maximum Gasteiger partial charge on any atom is 0.141 e. The lowest BCUT2D eigenvalue weighted by molar-refractivity contribution is 0.133. The van der Waals surface area contributed by atoms with Gasteiger partial charge < -0.3 is 5.73 Å². The zero-order valence-corrected chi connectivity index (χ0v) is 12.2. The molecule has 0 saturated heterocycles. The van der Waals surface area contributed by atoms with Gasteiger partial charge in [0.25, 0.3) is 0 Å². The highest BCUT2D eigenvalue weighted by atomic mass is 19.1. The van der Waals surface area contributed by atoms with Gasteiger partial charge in [-0.3, -0.25) is 4.98 Å². The summed E-state index contributed by atoms with van der Waals surface area (Å²) in [7, 11) is 0. The van der Waals surface area contributed by atoms with Crippen LogP contribution in [0.5, 0.6) is 0 Å². The Morgan fingerprint density at radius 2 is 2.05 bits per heavy atom. The molecule has 1 aromatic rings. The summed E-state index contributed by atoms with van der Waals surface area (Å²) in [5.41, 5.74) is 7.23. The van der Waals surface area contributed by atoms with Gasteiger partial charge in [0.2, 0.25) is 0 Å². The molecule has 0 bridgehead atoms. The molecule has 1 heterocycles. The SMILES string of the molecule is CC(C)(C)C1CCC(CN)C(c2cncc(F)c2)C1. The Morgan fingerprint density at radius 1 is 1.32 bits per heavy atom. The highest BCUT2D eigenvalue weighted by molar-refractivity contribution is 5.18. The van der Waals surface area contributed by atoms with Crippen LogP contribution in [0.3, 0.4) is 0 Å². The molecule has 1 aliphatic rings. The van der Waals surface area contributed by atoms with Crippen molar-refractivity contribution in [2.45, 2.75) is 46.0 Å². The van der Waals surface area contributed by atoms with E-state index in [2.05, 4.69) is 25.8 Å². The fraction of sp³-hybridized carbons (Fsp3) is 0.688. The summed E-state index contributed by atoms with van der Waals surface area (Å²) in [6.07, 6.45) is 6.53. The molecule has 1 aromatic heterocycles. The van der Waals surface area contributed by atoms with E-state index in [4.69, 9.17) is 5.73 Å². The maximum atomic E-state index is 13.4. The van der Waals surface area contributed by atoms with Gasteiger partial charge >= 0.3 is 0 Å². The molecule has 0 aliphatic heterocycles. The standard InChI is InChI=1S/C16H25FN2/c1-16(2,3)13-5-4-11(8-18)15(7-13)12-6-14(17)10-19-9-12/h6,9-11,13,15H,4-5,7-8,18H2,1-3H3. The van der Waals surface area contributed by atoms with Crippen molar-refractivity contribution in [2.75, 3.05) is 6.54 Å². The Morgan fingerprint density at radius 3 is 2.63 bits per heavy atom. The average molecular weight is 264 g/mol. The highest BCUT2D eigenvalue weighted by Gasteiger charge is 2.36. The van der Waals surface area contributed by atoms with Crippen molar-refractivity contribution >= 4 is 0 Å². The minimum absolute atomic E-state index is 0.244. The summed E-state index contributed by atoms with van der Waals surface area (Å²) in [4.78, 5) is 4.00. The first-order valence-corrected chi connectivity index (χ1v) is 7.22. The van der Waals surface area contributed by atoms with Gasteiger partial charge in [-0.2, -0.15) is 0 Å². The highest BCUT2D eigenvalue weighted by Crippen LogP contribution is 2.46. The van der Waals surface area contributed by atoms with Gasteiger partial charge in [0.15, 0.2) is 0 Å². The van der Waals surface area contributed by atoms with E-state index in [1.54, 1.807) is 12.3 Å². The lowest BCUT2D eigenvalue weighted by Crippen LogP contribution is -2.34. The van der Waals surface area contributed by atoms with Crippen molar-refractivity contribution in [1.29, 1.82) is 0 Å². The minimum atomic E-state index is -0.244. The summed E-state index contributed by atoms with van der Waals surface area (Å²) in [5.74, 6) is 1.24. The van der Waals surface area contributed by atoms with Gasteiger partial charge in [-0.1, -0.05) is 20.8 Å². The Hall–Kier alpha value is -0.960. The Balaban J connectivity index is 2.23. The molecule has 19 heavy (non-hydrogen) atoms. The van der Waals surface area contributed by atoms with E-state index in [0.29, 0.717) is 29.7 Å². The number of halogens is 1. The van der Waals surface area contributed by atoms with Gasteiger partial charge in [0.1, 0.15) is 5.82 Å². The van der Waals surface area contributed by atoms with Crippen LogP contribution in [0.2, 0.25) is 0 Å². The molecule has 2 N–H and O–H groups in total. The fourth-order valence-corrected chi connectivity index (χ4v) is 3.34. The van der Waals surface area contributed by atoms with Gasteiger partial charge in [0, 0.05) is 6.20 Å². The number of aromatic nitrogens is 1. The molecular formula is C16H25FN2. The van der Waals surface area contributed by atoms with E-state index >= 15 is 0 Å². The predicted octanol–water partition coefficient (Wildman–Crippen LogP) is 3.73. The normalized spacial score (nSPS) is 28.4. The number of hydrogen-bond donors (Lipinski definition) is 1. The third-order valence-corrected chi connectivity index (χ3v) is 4.68. The monoisotopic (exact) mass is 264 g/mol. The number of rotatable bonds is 2. The second-order valence-electron chi connectivity index (χ2n) is 6.91. The van der Waals surface area contributed by atoms with Crippen LogP contribution < -0.4 is 5.73 Å². The predicted molar refractivity (Wildman–Crippen MR) is 76.3 cm³/mol. The van der Waals surface area contributed by atoms with Crippen molar-refractivity contribution in [3.63, 3.8) is 0 Å². The molecule has 3 unspecified atom stereocenters. The second-order valence-corrected chi connectivity index (χ2v) is 6.91. The third-order valence-electron chi connectivity index (χ3n) is 4.68. The molecule has 2 nitrogen and oxygen atoms in total. The molecule has 0 spiro atoms. The quantitative estimate of drug-likeness (QED) is 0.884. The first-order chi connectivity index (χ1) is 8.91. The average Bonchev–Trinajstić information content (AvgIpc) is 2.37. The summed E-state index contributed by atoms with van der Waals surface area (Å²) in [6, 6.07) is 1.63. The molecule has 106 valence electrons. The fourth-order valence-electron chi connectivity index (χ4n) is 3.34. The van der Waals surface area contributed by atoms with E-state index in [9.17, 15) is 4.39 Å². The first kappa shape index (κ1) is 14.4. The van der Waals surface area contributed by atoms with Crippen molar-refractivity contribution in [3.05, 3.63) is 29.8 Å². The third kappa shape index (κ3) is 3.33. The van der Waals surface area contributed by atoms with E-state index in [1.165, 1.54) is 12.6 Å². The summed E-state index contributed by atoms with van der Waals surface area (Å²) in [5, 5.41) is 0. The molecule has 3 heteroatoms.